The molecule has 156 valence electrons. The Morgan fingerprint density at radius 3 is 2.54 bits per heavy atom. The Morgan fingerprint density at radius 2 is 1.86 bits per heavy atom. The molecular weight excluding hydrogens is 378 g/mol. The molecule has 3 saturated heterocycles. The van der Waals surface area contributed by atoms with Gasteiger partial charge in [-0.15, -0.1) is 0 Å². The van der Waals surface area contributed by atoms with Crippen molar-refractivity contribution < 1.29 is 17.9 Å². The monoisotopic (exact) mass is 409 g/mol. The van der Waals surface area contributed by atoms with Crippen molar-refractivity contribution in [2.24, 2.45) is 0 Å². The Hall–Kier alpha value is -1.19. The number of benzene rings is 1. The average Bonchev–Trinajstić information content (AvgIpc) is 3.06. The fourth-order valence-corrected chi connectivity index (χ4v) is 6.14. The van der Waals surface area contributed by atoms with E-state index < -0.39 is 10.0 Å². The summed E-state index contributed by atoms with van der Waals surface area (Å²) >= 11 is 0. The van der Waals surface area contributed by atoms with Gasteiger partial charge >= 0.3 is 0 Å². The van der Waals surface area contributed by atoms with E-state index in [9.17, 15) is 8.42 Å². The van der Waals surface area contributed by atoms with Crippen molar-refractivity contribution in [1.29, 1.82) is 0 Å². The third-order valence-corrected chi connectivity index (χ3v) is 8.16. The Bertz CT molecular complexity index is 762. The predicted molar refractivity (Wildman–Crippen MR) is 108 cm³/mol. The number of likely N-dealkylation sites (tertiary alicyclic amines) is 2. The van der Waals surface area contributed by atoms with Crippen LogP contribution < -0.4 is 4.74 Å². The number of hydrogen-bond acceptors (Lipinski definition) is 6. The lowest BCUT2D eigenvalue weighted by atomic mass is 10.0. The quantitative estimate of drug-likeness (QED) is 0.740. The molecule has 2 atom stereocenters. The summed E-state index contributed by atoms with van der Waals surface area (Å²) < 4.78 is 38.9. The Morgan fingerprint density at radius 1 is 1.14 bits per heavy atom. The van der Waals surface area contributed by atoms with Gasteiger partial charge in [-0.25, -0.2) is 8.42 Å². The number of rotatable bonds is 4. The van der Waals surface area contributed by atoms with E-state index in [0.717, 1.165) is 50.3 Å². The van der Waals surface area contributed by atoms with Gasteiger partial charge in [-0.2, -0.15) is 4.31 Å². The van der Waals surface area contributed by atoms with Crippen LogP contribution in [0.1, 0.15) is 18.4 Å². The second kappa shape index (κ2) is 8.28. The summed E-state index contributed by atoms with van der Waals surface area (Å²) in [5.74, 6) is 0.836. The largest absolute Gasteiger partial charge is 0.497 e. The van der Waals surface area contributed by atoms with Crippen LogP contribution in [-0.2, 0) is 21.3 Å². The molecule has 0 N–H and O–H groups in total. The minimum atomic E-state index is -3.35. The van der Waals surface area contributed by atoms with Crippen LogP contribution >= 0.6 is 0 Å². The van der Waals surface area contributed by atoms with Crippen LogP contribution in [0.5, 0.6) is 5.75 Å². The van der Waals surface area contributed by atoms with Gasteiger partial charge in [0.2, 0.25) is 10.0 Å². The van der Waals surface area contributed by atoms with Crippen LogP contribution in [0.2, 0.25) is 0 Å². The molecule has 0 radical (unpaired) electrons. The highest BCUT2D eigenvalue weighted by Gasteiger charge is 2.46. The Labute approximate surface area is 168 Å². The highest BCUT2D eigenvalue weighted by atomic mass is 32.2. The van der Waals surface area contributed by atoms with Crippen LogP contribution in [0.15, 0.2) is 24.3 Å². The molecule has 3 heterocycles. The van der Waals surface area contributed by atoms with Crippen molar-refractivity contribution in [3.05, 3.63) is 29.8 Å². The van der Waals surface area contributed by atoms with Crippen molar-refractivity contribution in [1.82, 2.24) is 14.1 Å². The summed E-state index contributed by atoms with van der Waals surface area (Å²) in [4.78, 5) is 4.83. The number of nitrogens with zero attached hydrogens (tertiary/aromatic N) is 3. The molecule has 4 rings (SSSR count). The van der Waals surface area contributed by atoms with Gasteiger partial charge in [0.25, 0.3) is 0 Å². The van der Waals surface area contributed by atoms with Gasteiger partial charge in [0.15, 0.2) is 0 Å². The fraction of sp³-hybridized carbons (Fsp3) is 0.700. The minimum absolute atomic E-state index is 0.0461. The van der Waals surface area contributed by atoms with E-state index in [4.69, 9.17) is 9.47 Å². The van der Waals surface area contributed by atoms with Gasteiger partial charge in [0.1, 0.15) is 5.75 Å². The van der Waals surface area contributed by atoms with Crippen molar-refractivity contribution in [2.45, 2.75) is 37.6 Å². The molecule has 28 heavy (non-hydrogen) atoms. The van der Waals surface area contributed by atoms with Crippen LogP contribution in [0.4, 0.5) is 0 Å². The lowest BCUT2D eigenvalue weighted by Crippen LogP contribution is -2.46. The molecule has 0 saturated carbocycles. The van der Waals surface area contributed by atoms with Crippen molar-refractivity contribution in [2.75, 3.05) is 52.7 Å². The van der Waals surface area contributed by atoms with Gasteiger partial charge in [0.05, 0.1) is 31.6 Å². The topological polar surface area (TPSA) is 62.3 Å². The lowest BCUT2D eigenvalue weighted by molar-refractivity contribution is 0.0420. The maximum atomic E-state index is 13.0. The first kappa shape index (κ1) is 20.1. The molecule has 0 aromatic heterocycles. The molecule has 8 heteroatoms. The van der Waals surface area contributed by atoms with E-state index in [-0.39, 0.29) is 24.5 Å². The van der Waals surface area contributed by atoms with Gasteiger partial charge in [-0.3, -0.25) is 4.90 Å². The Kier molecular flexibility index (Phi) is 5.94. The van der Waals surface area contributed by atoms with Crippen LogP contribution in [0.25, 0.3) is 0 Å². The SMILES string of the molecule is COc1ccc(CN2[C@@H]3CN(C4CCN(C)CC4)C[C@@H]3OCCS2(=O)=O)cc1. The van der Waals surface area contributed by atoms with Crippen molar-refractivity contribution >= 4 is 10.0 Å². The number of ether oxygens (including phenoxy) is 2. The van der Waals surface area contributed by atoms with Crippen molar-refractivity contribution in [3.8, 4) is 5.75 Å². The highest BCUT2D eigenvalue weighted by molar-refractivity contribution is 7.89. The number of piperidine rings is 1. The summed E-state index contributed by atoms with van der Waals surface area (Å²) in [5, 5.41) is 0. The van der Waals surface area contributed by atoms with Gasteiger partial charge in [-0.05, 0) is 50.7 Å². The second-order valence-electron chi connectivity index (χ2n) is 8.17. The maximum Gasteiger partial charge on any atom is 0.217 e. The van der Waals surface area contributed by atoms with E-state index in [1.807, 2.05) is 24.3 Å². The zero-order valence-electron chi connectivity index (χ0n) is 16.8. The van der Waals surface area contributed by atoms with E-state index in [1.54, 1.807) is 11.4 Å². The standard InChI is InChI=1S/C20H31N3O4S/c1-21-9-7-17(8-10-21)22-14-19-20(15-22)27-11-12-28(24,25)23(19)13-16-3-5-18(26-2)6-4-16/h3-6,17,19-20H,7-15H2,1-2H3/t19-,20+/m1/s1. The average molecular weight is 410 g/mol. The van der Waals surface area contributed by atoms with Gasteiger partial charge in [-0.1, -0.05) is 12.1 Å². The molecule has 0 aliphatic carbocycles. The summed E-state index contributed by atoms with van der Waals surface area (Å²) in [6.45, 7) is 4.46. The van der Waals surface area contributed by atoms with Gasteiger partial charge < -0.3 is 14.4 Å². The zero-order valence-corrected chi connectivity index (χ0v) is 17.6. The number of fused-ring (bicyclic) bond motifs is 1. The third kappa shape index (κ3) is 4.21. The summed E-state index contributed by atoms with van der Waals surface area (Å²) in [7, 11) is 0.446. The molecule has 0 bridgehead atoms. The number of hydrogen-bond donors (Lipinski definition) is 0. The maximum absolute atomic E-state index is 13.0. The van der Waals surface area contributed by atoms with E-state index in [1.165, 1.54) is 0 Å². The van der Waals surface area contributed by atoms with E-state index in [2.05, 4.69) is 16.8 Å². The van der Waals surface area contributed by atoms with Gasteiger partial charge in [0, 0.05) is 25.7 Å². The first-order valence-electron chi connectivity index (χ1n) is 10.1. The summed E-state index contributed by atoms with van der Waals surface area (Å²) in [5.41, 5.74) is 0.975. The molecule has 1 aromatic carbocycles. The number of sulfonamides is 1. The minimum Gasteiger partial charge on any atom is -0.497 e. The summed E-state index contributed by atoms with van der Waals surface area (Å²) in [6, 6.07) is 8.06. The molecule has 3 fully saturated rings. The van der Waals surface area contributed by atoms with Crippen LogP contribution in [-0.4, -0.2) is 93.4 Å². The first-order valence-corrected chi connectivity index (χ1v) is 11.7. The second-order valence-corrected chi connectivity index (χ2v) is 10.2. The molecule has 7 nitrogen and oxygen atoms in total. The number of methoxy groups -OCH3 is 1. The predicted octanol–water partition coefficient (Wildman–Crippen LogP) is 1.00. The van der Waals surface area contributed by atoms with E-state index in [0.29, 0.717) is 12.6 Å². The molecule has 3 aliphatic heterocycles. The first-order chi connectivity index (χ1) is 13.5. The zero-order chi connectivity index (χ0) is 19.7. The third-order valence-electron chi connectivity index (χ3n) is 6.37. The Balaban J connectivity index is 1.52. The molecule has 0 unspecified atom stereocenters. The van der Waals surface area contributed by atoms with Crippen molar-refractivity contribution in [3.63, 3.8) is 0 Å². The molecule has 1 aromatic rings. The molecule has 0 amide bonds. The smallest absolute Gasteiger partial charge is 0.217 e. The normalized spacial score (nSPS) is 30.1. The lowest BCUT2D eigenvalue weighted by Gasteiger charge is -2.35. The molecular formula is C20H31N3O4S. The highest BCUT2D eigenvalue weighted by Crippen LogP contribution is 2.30. The van der Waals surface area contributed by atoms with Crippen LogP contribution in [0.3, 0.4) is 0 Å². The fourth-order valence-electron chi connectivity index (χ4n) is 4.64. The summed E-state index contributed by atoms with van der Waals surface area (Å²) in [6.07, 6.45) is 2.23. The van der Waals surface area contributed by atoms with E-state index >= 15 is 0 Å². The van der Waals surface area contributed by atoms with Crippen LogP contribution in [0, 0.1) is 0 Å². The molecule has 0 spiro atoms. The molecule has 3 aliphatic rings.